The Kier molecular flexibility index (Phi) is 8.42. The molecule has 0 aromatic heterocycles. The Balaban J connectivity index is 0.000000344. The third kappa shape index (κ3) is 8.61. The maximum atomic E-state index is 11.2. The van der Waals surface area contributed by atoms with E-state index in [9.17, 15) is 18.0 Å². The number of hydrogen-bond donors (Lipinski definition) is 1. The number of alkyl halides is 3. The second-order valence-electron chi connectivity index (χ2n) is 3.39. The number of benzene rings is 1. The Morgan fingerprint density at radius 3 is 2.42 bits per heavy atom. The van der Waals surface area contributed by atoms with E-state index in [2.05, 4.69) is 32.8 Å². The molecule has 108 valence electrons. The zero-order valence-corrected chi connectivity index (χ0v) is 11.9. The molecule has 0 spiro atoms. The number of hydrogen-bond acceptors (Lipinski definition) is 3. The van der Waals surface area contributed by atoms with Gasteiger partial charge in [-0.1, -0.05) is 28.1 Å². The van der Waals surface area contributed by atoms with Crippen LogP contribution >= 0.6 is 15.9 Å². The fourth-order valence-electron chi connectivity index (χ4n) is 1.07. The van der Waals surface area contributed by atoms with Gasteiger partial charge in [0, 0.05) is 4.47 Å². The van der Waals surface area contributed by atoms with Crippen LogP contribution in [0.1, 0.15) is 12.5 Å². The SMILES string of the molecule is CCOC(=O)C(F)(F)F.NCCc1cccc(Br)c1. The van der Waals surface area contributed by atoms with Gasteiger partial charge in [-0.25, -0.2) is 4.79 Å². The molecule has 19 heavy (non-hydrogen) atoms. The second-order valence-corrected chi connectivity index (χ2v) is 4.30. The predicted octanol–water partition coefficient (Wildman–Crippen LogP) is 3.06. The van der Waals surface area contributed by atoms with E-state index >= 15 is 0 Å². The summed E-state index contributed by atoms with van der Waals surface area (Å²) in [5.41, 5.74) is 6.68. The van der Waals surface area contributed by atoms with E-state index in [0.29, 0.717) is 0 Å². The van der Waals surface area contributed by atoms with Crippen LogP contribution < -0.4 is 5.73 Å². The molecule has 7 heteroatoms. The van der Waals surface area contributed by atoms with Crippen molar-refractivity contribution in [2.45, 2.75) is 19.5 Å². The van der Waals surface area contributed by atoms with E-state index in [1.807, 2.05) is 12.1 Å². The number of carbonyl (C=O) groups is 1. The van der Waals surface area contributed by atoms with Gasteiger partial charge in [-0.3, -0.25) is 0 Å². The first-order valence-corrected chi connectivity index (χ1v) is 6.29. The van der Waals surface area contributed by atoms with Gasteiger partial charge >= 0.3 is 12.1 Å². The van der Waals surface area contributed by atoms with Crippen LogP contribution in [0, 0.1) is 0 Å². The van der Waals surface area contributed by atoms with Crippen molar-refractivity contribution in [3.8, 4) is 0 Å². The summed E-state index contributed by atoms with van der Waals surface area (Å²) in [6.45, 7) is 1.78. The average Bonchev–Trinajstić information content (AvgIpc) is 2.29. The van der Waals surface area contributed by atoms with E-state index in [1.54, 1.807) is 0 Å². The highest BCUT2D eigenvalue weighted by Gasteiger charge is 2.40. The molecule has 3 nitrogen and oxygen atoms in total. The fraction of sp³-hybridized carbons (Fsp3) is 0.417. The summed E-state index contributed by atoms with van der Waals surface area (Å²) < 4.78 is 38.3. The van der Waals surface area contributed by atoms with E-state index in [-0.39, 0.29) is 6.61 Å². The standard InChI is InChI=1S/C8H10BrN.C4H5F3O2/c9-8-3-1-2-7(6-8)4-5-10;1-2-9-3(8)4(5,6)7/h1-3,6H,4-5,10H2;2H2,1H3. The minimum Gasteiger partial charge on any atom is -0.459 e. The van der Waals surface area contributed by atoms with Crippen LogP contribution in [0.3, 0.4) is 0 Å². The normalized spacial score (nSPS) is 10.4. The van der Waals surface area contributed by atoms with E-state index in [0.717, 1.165) is 17.4 Å². The lowest BCUT2D eigenvalue weighted by molar-refractivity contribution is -0.199. The van der Waals surface area contributed by atoms with Crippen LogP contribution in [-0.2, 0) is 16.0 Å². The van der Waals surface area contributed by atoms with Crippen molar-refractivity contribution in [1.82, 2.24) is 0 Å². The van der Waals surface area contributed by atoms with Crippen molar-refractivity contribution in [3.05, 3.63) is 34.3 Å². The summed E-state index contributed by atoms with van der Waals surface area (Å²) in [5.74, 6) is -2.13. The highest BCUT2D eigenvalue weighted by Crippen LogP contribution is 2.15. The Bertz CT molecular complexity index is 397. The molecule has 0 atom stereocenters. The first-order chi connectivity index (χ1) is 8.81. The summed E-state index contributed by atoms with van der Waals surface area (Å²) in [5, 5.41) is 0. The third-order valence-electron chi connectivity index (χ3n) is 1.83. The molecule has 0 bridgehead atoms. The Morgan fingerprint density at radius 2 is 2.05 bits per heavy atom. The fourth-order valence-corrected chi connectivity index (χ4v) is 1.52. The van der Waals surface area contributed by atoms with Gasteiger partial charge < -0.3 is 10.5 Å². The lowest BCUT2D eigenvalue weighted by Gasteiger charge is -2.02. The lowest BCUT2D eigenvalue weighted by atomic mass is 10.2. The minimum absolute atomic E-state index is 0.252. The Labute approximate surface area is 118 Å². The van der Waals surface area contributed by atoms with Crippen LogP contribution in [0.5, 0.6) is 0 Å². The third-order valence-corrected chi connectivity index (χ3v) is 2.32. The van der Waals surface area contributed by atoms with Crippen molar-refractivity contribution in [2.75, 3.05) is 13.2 Å². The van der Waals surface area contributed by atoms with Gasteiger partial charge in [0.1, 0.15) is 0 Å². The summed E-state index contributed by atoms with van der Waals surface area (Å²) in [4.78, 5) is 9.72. The first-order valence-electron chi connectivity index (χ1n) is 5.49. The molecule has 0 aliphatic heterocycles. The van der Waals surface area contributed by atoms with Gasteiger partial charge in [-0.05, 0) is 37.6 Å². The molecular formula is C12H15BrF3NO2. The predicted molar refractivity (Wildman–Crippen MR) is 69.6 cm³/mol. The molecule has 0 fully saturated rings. The van der Waals surface area contributed by atoms with Crippen molar-refractivity contribution in [3.63, 3.8) is 0 Å². The number of carbonyl (C=O) groups excluding carboxylic acids is 1. The zero-order valence-electron chi connectivity index (χ0n) is 10.3. The first kappa shape index (κ1) is 17.9. The molecule has 1 aromatic carbocycles. The molecule has 0 heterocycles. The van der Waals surface area contributed by atoms with Gasteiger partial charge in [0.05, 0.1) is 6.61 Å². The quantitative estimate of drug-likeness (QED) is 0.859. The molecule has 0 saturated heterocycles. The monoisotopic (exact) mass is 341 g/mol. The van der Waals surface area contributed by atoms with Gasteiger partial charge in [0.2, 0.25) is 0 Å². The highest BCUT2D eigenvalue weighted by atomic mass is 79.9. The second kappa shape index (κ2) is 8.92. The van der Waals surface area contributed by atoms with Gasteiger partial charge in [-0.2, -0.15) is 13.2 Å². The Morgan fingerprint density at radius 1 is 1.42 bits per heavy atom. The van der Waals surface area contributed by atoms with Crippen LogP contribution in [-0.4, -0.2) is 25.3 Å². The average molecular weight is 342 g/mol. The molecule has 2 N–H and O–H groups in total. The van der Waals surface area contributed by atoms with Crippen molar-refractivity contribution in [1.29, 1.82) is 0 Å². The van der Waals surface area contributed by atoms with Crippen molar-refractivity contribution < 1.29 is 22.7 Å². The van der Waals surface area contributed by atoms with Gasteiger partial charge in [0.15, 0.2) is 0 Å². The van der Waals surface area contributed by atoms with Crippen LogP contribution in [0.2, 0.25) is 0 Å². The topological polar surface area (TPSA) is 52.3 Å². The molecule has 0 aliphatic carbocycles. The molecule has 0 aliphatic rings. The maximum absolute atomic E-state index is 11.2. The van der Waals surface area contributed by atoms with Crippen LogP contribution in [0.25, 0.3) is 0 Å². The largest absolute Gasteiger partial charge is 0.490 e. The maximum Gasteiger partial charge on any atom is 0.490 e. The number of ether oxygens (including phenoxy) is 1. The number of halogens is 4. The molecule has 0 amide bonds. The van der Waals surface area contributed by atoms with Crippen LogP contribution in [0.15, 0.2) is 28.7 Å². The molecule has 0 unspecified atom stereocenters. The summed E-state index contributed by atoms with van der Waals surface area (Å²) in [6, 6.07) is 8.21. The molecule has 1 aromatic rings. The summed E-state index contributed by atoms with van der Waals surface area (Å²) in [7, 11) is 0. The van der Waals surface area contributed by atoms with Crippen molar-refractivity contribution >= 4 is 21.9 Å². The van der Waals surface area contributed by atoms with E-state index in [1.165, 1.54) is 12.5 Å². The van der Waals surface area contributed by atoms with Gasteiger partial charge in [-0.15, -0.1) is 0 Å². The molecule has 1 rings (SSSR count). The molecular weight excluding hydrogens is 327 g/mol. The molecule has 0 saturated carbocycles. The molecule has 0 radical (unpaired) electrons. The summed E-state index contributed by atoms with van der Waals surface area (Å²) in [6.07, 6.45) is -3.89. The number of esters is 1. The Hall–Kier alpha value is -1.08. The van der Waals surface area contributed by atoms with E-state index < -0.39 is 12.1 Å². The van der Waals surface area contributed by atoms with Gasteiger partial charge in [0.25, 0.3) is 0 Å². The lowest BCUT2D eigenvalue weighted by Crippen LogP contribution is -2.25. The smallest absolute Gasteiger partial charge is 0.459 e. The number of rotatable bonds is 3. The van der Waals surface area contributed by atoms with E-state index in [4.69, 9.17) is 5.73 Å². The van der Waals surface area contributed by atoms with Crippen LogP contribution in [0.4, 0.5) is 13.2 Å². The highest BCUT2D eigenvalue weighted by molar-refractivity contribution is 9.10. The van der Waals surface area contributed by atoms with Crippen molar-refractivity contribution in [2.24, 2.45) is 5.73 Å². The number of nitrogens with two attached hydrogens (primary N) is 1. The zero-order chi connectivity index (χ0) is 14.9. The summed E-state index contributed by atoms with van der Waals surface area (Å²) >= 11 is 3.39. The minimum atomic E-state index is -4.85.